The van der Waals surface area contributed by atoms with Gasteiger partial charge in [-0.25, -0.2) is 8.42 Å². The highest BCUT2D eigenvalue weighted by Gasteiger charge is 2.31. The van der Waals surface area contributed by atoms with Crippen molar-refractivity contribution in [3.8, 4) is 5.75 Å². The molecule has 0 N–H and O–H groups in total. The van der Waals surface area contributed by atoms with Crippen LogP contribution in [0.4, 0.5) is 0 Å². The number of hydrogen-bond acceptors (Lipinski definition) is 4. The van der Waals surface area contributed by atoms with Crippen molar-refractivity contribution < 1.29 is 17.9 Å². The maximum Gasteiger partial charge on any atom is 0.246 e. The van der Waals surface area contributed by atoms with Crippen molar-refractivity contribution in [2.24, 2.45) is 0 Å². The van der Waals surface area contributed by atoms with Crippen LogP contribution >= 0.6 is 15.9 Å². The van der Waals surface area contributed by atoms with Gasteiger partial charge in [0.05, 0.1) is 19.8 Å². The molecule has 1 saturated heterocycles. The highest BCUT2D eigenvalue weighted by Crippen LogP contribution is 2.29. The van der Waals surface area contributed by atoms with Gasteiger partial charge in [0.1, 0.15) is 10.6 Å². The molecule has 1 atom stereocenters. The number of likely N-dealkylation sites (N-methyl/N-ethyl adjacent to an activating group) is 1. The van der Waals surface area contributed by atoms with Gasteiger partial charge in [-0.3, -0.25) is 0 Å². The van der Waals surface area contributed by atoms with Crippen molar-refractivity contribution in [1.82, 2.24) is 4.31 Å². The molecule has 0 aliphatic carbocycles. The van der Waals surface area contributed by atoms with Crippen LogP contribution in [0.1, 0.15) is 0 Å². The molecular formula is C11H14BrNO4S. The summed E-state index contributed by atoms with van der Waals surface area (Å²) in [5.74, 6) is 0.335. The molecule has 7 heteroatoms. The van der Waals surface area contributed by atoms with Crippen LogP contribution in [0.25, 0.3) is 0 Å². The number of benzene rings is 1. The number of methoxy groups -OCH3 is 1. The fraction of sp³-hybridized carbons (Fsp3) is 0.455. The van der Waals surface area contributed by atoms with Crippen molar-refractivity contribution in [3.05, 3.63) is 22.7 Å². The zero-order valence-corrected chi connectivity index (χ0v) is 12.5. The van der Waals surface area contributed by atoms with Crippen molar-refractivity contribution >= 4 is 26.0 Å². The summed E-state index contributed by atoms with van der Waals surface area (Å²) in [5, 5.41) is 0. The molecule has 0 spiro atoms. The first-order chi connectivity index (χ1) is 8.45. The van der Waals surface area contributed by atoms with E-state index in [-0.39, 0.29) is 11.0 Å². The van der Waals surface area contributed by atoms with E-state index in [2.05, 4.69) is 15.9 Å². The molecule has 1 aromatic carbocycles. The van der Waals surface area contributed by atoms with Crippen molar-refractivity contribution in [1.29, 1.82) is 0 Å². The molecule has 1 unspecified atom stereocenters. The minimum absolute atomic E-state index is 0.0166. The molecule has 5 nitrogen and oxygen atoms in total. The number of halogens is 1. The summed E-state index contributed by atoms with van der Waals surface area (Å²) >= 11 is 3.27. The summed E-state index contributed by atoms with van der Waals surface area (Å²) in [6, 6.07) is 4.90. The maximum atomic E-state index is 12.4. The molecule has 1 aliphatic heterocycles. The lowest BCUT2D eigenvalue weighted by molar-refractivity contribution is 0.357. The van der Waals surface area contributed by atoms with Gasteiger partial charge in [-0.1, -0.05) is 15.9 Å². The number of sulfonamides is 1. The molecule has 0 saturated carbocycles. The number of nitrogens with zero attached hydrogens (tertiary/aromatic N) is 1. The molecule has 100 valence electrons. The van der Waals surface area contributed by atoms with Gasteiger partial charge in [0.15, 0.2) is 0 Å². The largest absolute Gasteiger partial charge is 0.495 e. The Bertz CT molecular complexity index is 542. The first-order valence-corrected chi connectivity index (χ1v) is 7.60. The zero-order chi connectivity index (χ0) is 13.3. The Morgan fingerprint density at radius 2 is 2.22 bits per heavy atom. The first-order valence-electron chi connectivity index (χ1n) is 5.36. The molecule has 18 heavy (non-hydrogen) atoms. The van der Waals surface area contributed by atoms with Gasteiger partial charge >= 0.3 is 0 Å². The Balaban J connectivity index is 2.35. The van der Waals surface area contributed by atoms with Gasteiger partial charge < -0.3 is 9.47 Å². The number of ether oxygens (including phenoxy) is 2. The first kappa shape index (κ1) is 13.8. The van der Waals surface area contributed by atoms with Crippen molar-refractivity contribution in [2.45, 2.75) is 11.0 Å². The average Bonchev–Trinajstić information content (AvgIpc) is 3.12. The van der Waals surface area contributed by atoms with Crippen LogP contribution in [-0.2, 0) is 14.8 Å². The highest BCUT2D eigenvalue weighted by molar-refractivity contribution is 9.10. The summed E-state index contributed by atoms with van der Waals surface area (Å²) in [7, 11) is -0.571. The SMILES string of the molecule is COc1ccc(Br)cc1S(=O)(=O)N(C)CC1CO1. The van der Waals surface area contributed by atoms with Gasteiger partial charge in [-0.2, -0.15) is 4.31 Å². The fourth-order valence-electron chi connectivity index (χ4n) is 1.58. The predicted molar refractivity (Wildman–Crippen MR) is 70.2 cm³/mol. The average molecular weight is 336 g/mol. The molecule has 0 aromatic heterocycles. The van der Waals surface area contributed by atoms with Crippen molar-refractivity contribution in [2.75, 3.05) is 27.3 Å². The predicted octanol–water partition coefficient (Wildman–Crippen LogP) is 1.48. The van der Waals surface area contributed by atoms with Crippen LogP contribution in [0.3, 0.4) is 0 Å². The lowest BCUT2D eigenvalue weighted by Gasteiger charge is -2.18. The minimum Gasteiger partial charge on any atom is -0.495 e. The Labute approximate surface area is 115 Å². The number of epoxide rings is 1. The van der Waals surface area contributed by atoms with Crippen LogP contribution in [0, 0.1) is 0 Å². The second-order valence-corrected chi connectivity index (χ2v) is 6.97. The summed E-state index contributed by atoms with van der Waals surface area (Å²) < 4.78 is 36.9. The van der Waals surface area contributed by atoms with Crippen LogP contribution < -0.4 is 4.74 Å². The van der Waals surface area contributed by atoms with Gasteiger partial charge in [-0.15, -0.1) is 0 Å². The Morgan fingerprint density at radius 1 is 1.56 bits per heavy atom. The smallest absolute Gasteiger partial charge is 0.246 e. The topological polar surface area (TPSA) is 59.1 Å². The Morgan fingerprint density at radius 3 is 2.78 bits per heavy atom. The van der Waals surface area contributed by atoms with E-state index in [1.54, 1.807) is 18.2 Å². The van der Waals surface area contributed by atoms with E-state index in [1.807, 2.05) is 0 Å². The van der Waals surface area contributed by atoms with Gasteiger partial charge in [0, 0.05) is 18.1 Å². The Hall–Kier alpha value is -0.630. The molecular weight excluding hydrogens is 322 g/mol. The quantitative estimate of drug-likeness (QED) is 0.764. The third kappa shape index (κ3) is 2.85. The van der Waals surface area contributed by atoms with Crippen LogP contribution in [-0.4, -0.2) is 46.1 Å². The van der Waals surface area contributed by atoms with E-state index in [4.69, 9.17) is 9.47 Å². The van der Waals surface area contributed by atoms with E-state index >= 15 is 0 Å². The lowest BCUT2D eigenvalue weighted by Crippen LogP contribution is -2.30. The normalized spacial score (nSPS) is 19.0. The lowest BCUT2D eigenvalue weighted by atomic mass is 10.3. The highest BCUT2D eigenvalue weighted by atomic mass is 79.9. The molecule has 1 fully saturated rings. The van der Waals surface area contributed by atoms with Crippen LogP contribution in [0.2, 0.25) is 0 Å². The third-order valence-corrected chi connectivity index (χ3v) is 5.01. The molecule has 0 amide bonds. The van der Waals surface area contributed by atoms with E-state index in [0.717, 1.165) is 0 Å². The van der Waals surface area contributed by atoms with Gasteiger partial charge in [0.25, 0.3) is 0 Å². The molecule has 0 radical (unpaired) electrons. The van der Waals surface area contributed by atoms with Crippen LogP contribution in [0.5, 0.6) is 5.75 Å². The van der Waals surface area contributed by atoms with Gasteiger partial charge in [0.2, 0.25) is 10.0 Å². The molecule has 1 heterocycles. The van der Waals surface area contributed by atoms with E-state index < -0.39 is 10.0 Å². The summed E-state index contributed by atoms with van der Waals surface area (Å²) in [5.41, 5.74) is 0. The summed E-state index contributed by atoms with van der Waals surface area (Å²) in [6.45, 7) is 0.980. The van der Waals surface area contributed by atoms with Gasteiger partial charge in [-0.05, 0) is 18.2 Å². The molecule has 1 aliphatic rings. The fourth-order valence-corrected chi connectivity index (χ4v) is 3.47. The maximum absolute atomic E-state index is 12.4. The number of hydrogen-bond donors (Lipinski definition) is 0. The zero-order valence-electron chi connectivity index (χ0n) is 10.1. The molecule has 0 bridgehead atoms. The monoisotopic (exact) mass is 335 g/mol. The molecule has 1 aromatic rings. The summed E-state index contributed by atoms with van der Waals surface area (Å²) in [4.78, 5) is 0.155. The Kier molecular flexibility index (Phi) is 3.96. The third-order valence-electron chi connectivity index (χ3n) is 2.68. The van der Waals surface area contributed by atoms with Crippen molar-refractivity contribution in [3.63, 3.8) is 0 Å². The minimum atomic E-state index is -3.56. The second-order valence-electron chi connectivity index (χ2n) is 4.04. The van der Waals surface area contributed by atoms with E-state index in [1.165, 1.54) is 18.5 Å². The van der Waals surface area contributed by atoms with E-state index in [9.17, 15) is 8.42 Å². The van der Waals surface area contributed by atoms with Crippen LogP contribution in [0.15, 0.2) is 27.6 Å². The molecule has 2 rings (SSSR count). The standard InChI is InChI=1S/C11H14BrNO4S/c1-13(6-9-7-17-9)18(14,15)11-5-8(12)3-4-10(11)16-2/h3-5,9H,6-7H2,1-2H3. The van der Waals surface area contributed by atoms with E-state index in [0.29, 0.717) is 23.4 Å². The number of rotatable bonds is 5. The summed E-state index contributed by atoms with van der Waals surface area (Å²) in [6.07, 6.45) is 0.0166. The second kappa shape index (κ2) is 5.16.